The van der Waals surface area contributed by atoms with Crippen LogP contribution in [0.3, 0.4) is 0 Å². The zero-order valence-corrected chi connectivity index (χ0v) is 18.0. The summed E-state index contributed by atoms with van der Waals surface area (Å²) in [4.78, 5) is 17.5. The maximum atomic E-state index is 12.8. The zero-order valence-electron chi connectivity index (χ0n) is 16.5. The molecule has 0 unspecified atom stereocenters. The third kappa shape index (κ3) is 4.71. The Morgan fingerprint density at radius 1 is 0.935 bits per heavy atom. The van der Waals surface area contributed by atoms with E-state index < -0.39 is 5.97 Å². The molecule has 1 aromatic heterocycles. The lowest BCUT2D eigenvalue weighted by molar-refractivity contribution is 0.0693. The summed E-state index contributed by atoms with van der Waals surface area (Å²) in [6.45, 7) is 4.41. The first-order valence-electron chi connectivity index (χ1n) is 9.56. The topological polar surface area (TPSA) is 44.1 Å². The number of carbonyl (C=O) groups excluding carboxylic acids is 1. The molecule has 0 amide bonds. The number of allylic oxidation sites excluding steroid dienone is 1. The van der Waals surface area contributed by atoms with E-state index in [-0.39, 0.29) is 0 Å². The Balaban J connectivity index is 1.80. The van der Waals surface area contributed by atoms with Gasteiger partial charge in [0.2, 0.25) is 0 Å². The maximum Gasteiger partial charge on any atom is 0.343 e. The van der Waals surface area contributed by atoms with Crippen molar-refractivity contribution in [3.8, 4) is 0 Å². The van der Waals surface area contributed by atoms with Crippen LogP contribution in [0.5, 0.6) is 0 Å². The minimum Gasteiger partial charge on any atom is -0.422 e. The third-order valence-electron chi connectivity index (χ3n) is 4.67. The Morgan fingerprint density at radius 2 is 1.55 bits per heavy atom. The highest BCUT2D eigenvalue weighted by atomic mass is 35.5. The van der Waals surface area contributed by atoms with Crippen LogP contribution in [0.2, 0.25) is 10.0 Å². The van der Waals surface area contributed by atoms with E-state index in [1.807, 2.05) is 28.8 Å². The lowest BCUT2D eigenvalue weighted by Crippen LogP contribution is -2.06. The van der Waals surface area contributed by atoms with Crippen molar-refractivity contribution in [3.63, 3.8) is 0 Å². The summed E-state index contributed by atoms with van der Waals surface area (Å²) in [5.74, 6) is 0.511. The van der Waals surface area contributed by atoms with Crippen molar-refractivity contribution in [2.75, 3.05) is 0 Å². The fraction of sp³-hybridized carbons (Fsp3) is 0.0400. The summed E-state index contributed by atoms with van der Waals surface area (Å²) in [5.41, 5.74) is 2.90. The second-order valence-corrected chi connectivity index (χ2v) is 7.64. The molecule has 0 N–H and O–H groups in total. The number of nitrogens with zero attached hydrogens (tertiary/aromatic N) is 2. The predicted molar refractivity (Wildman–Crippen MR) is 126 cm³/mol. The van der Waals surface area contributed by atoms with Crippen molar-refractivity contribution >= 4 is 52.0 Å². The van der Waals surface area contributed by atoms with E-state index in [0.717, 1.165) is 11.0 Å². The summed E-state index contributed by atoms with van der Waals surface area (Å²) in [6, 6.07) is 21.4. The number of esters is 1. The van der Waals surface area contributed by atoms with Crippen LogP contribution in [0.1, 0.15) is 21.7 Å². The molecule has 0 spiro atoms. The van der Waals surface area contributed by atoms with Gasteiger partial charge in [-0.25, -0.2) is 9.78 Å². The molecular formula is C25H18Cl2N2O2. The zero-order chi connectivity index (χ0) is 21.8. The van der Waals surface area contributed by atoms with Crippen LogP contribution in [0.4, 0.5) is 0 Å². The number of fused-ring (bicyclic) bond motifs is 1. The minimum absolute atomic E-state index is 0.359. The number of aromatic nitrogens is 2. The lowest BCUT2D eigenvalue weighted by Gasteiger charge is -2.11. The molecule has 4 nitrogen and oxygen atoms in total. The molecule has 0 atom stereocenters. The molecule has 154 valence electrons. The Kier molecular flexibility index (Phi) is 6.21. The van der Waals surface area contributed by atoms with Crippen molar-refractivity contribution in [2.45, 2.75) is 6.54 Å². The van der Waals surface area contributed by atoms with E-state index >= 15 is 0 Å². The highest BCUT2D eigenvalue weighted by Gasteiger charge is 2.15. The number of imidazole rings is 1. The molecule has 3 aromatic carbocycles. The first-order chi connectivity index (χ1) is 15.0. The fourth-order valence-corrected chi connectivity index (χ4v) is 3.43. The Hall–Kier alpha value is -3.34. The molecule has 4 rings (SSSR count). The van der Waals surface area contributed by atoms with Crippen molar-refractivity contribution in [1.29, 1.82) is 0 Å². The second kappa shape index (κ2) is 9.21. The van der Waals surface area contributed by atoms with E-state index in [1.54, 1.807) is 60.7 Å². The molecule has 0 saturated carbocycles. The van der Waals surface area contributed by atoms with Gasteiger partial charge in [0, 0.05) is 28.2 Å². The van der Waals surface area contributed by atoms with E-state index in [9.17, 15) is 4.79 Å². The molecule has 0 aliphatic carbocycles. The summed E-state index contributed by atoms with van der Waals surface area (Å²) in [6.07, 6.45) is 3.55. The van der Waals surface area contributed by atoms with Crippen molar-refractivity contribution < 1.29 is 9.53 Å². The minimum atomic E-state index is -0.496. The van der Waals surface area contributed by atoms with Gasteiger partial charge in [0.1, 0.15) is 11.6 Å². The molecule has 4 aromatic rings. The molecule has 31 heavy (non-hydrogen) atoms. The number of hydrogen-bond donors (Lipinski definition) is 0. The molecular weight excluding hydrogens is 431 g/mol. The smallest absolute Gasteiger partial charge is 0.343 e. The Morgan fingerprint density at radius 3 is 2.19 bits per heavy atom. The van der Waals surface area contributed by atoms with Crippen LogP contribution < -0.4 is 0 Å². The van der Waals surface area contributed by atoms with E-state index in [0.29, 0.717) is 39.3 Å². The summed E-state index contributed by atoms with van der Waals surface area (Å²) < 4.78 is 7.80. The average Bonchev–Trinajstić information content (AvgIpc) is 3.12. The molecule has 0 aliphatic heterocycles. The molecule has 6 heteroatoms. The summed E-state index contributed by atoms with van der Waals surface area (Å²) in [5, 5.41) is 1.13. The highest BCUT2D eigenvalue weighted by Crippen LogP contribution is 2.25. The van der Waals surface area contributed by atoms with Gasteiger partial charge >= 0.3 is 5.97 Å². The van der Waals surface area contributed by atoms with Gasteiger partial charge in [-0.3, -0.25) is 0 Å². The molecule has 0 bridgehead atoms. The van der Waals surface area contributed by atoms with Gasteiger partial charge in [0.25, 0.3) is 0 Å². The number of ether oxygens (including phenoxy) is 1. The first kappa shape index (κ1) is 20.9. The van der Waals surface area contributed by atoms with Crippen molar-refractivity contribution in [2.24, 2.45) is 0 Å². The Bertz CT molecular complexity index is 1270. The van der Waals surface area contributed by atoms with E-state index in [2.05, 4.69) is 6.58 Å². The van der Waals surface area contributed by atoms with Gasteiger partial charge in [-0.1, -0.05) is 41.4 Å². The number of rotatable bonds is 6. The lowest BCUT2D eigenvalue weighted by atomic mass is 10.1. The van der Waals surface area contributed by atoms with Gasteiger partial charge < -0.3 is 9.30 Å². The summed E-state index contributed by atoms with van der Waals surface area (Å²) >= 11 is 12.0. The van der Waals surface area contributed by atoms with Crippen LogP contribution in [-0.4, -0.2) is 15.5 Å². The van der Waals surface area contributed by atoms with Gasteiger partial charge in [-0.15, -0.1) is 6.58 Å². The van der Waals surface area contributed by atoms with Crippen molar-refractivity contribution in [1.82, 2.24) is 9.55 Å². The predicted octanol–water partition coefficient (Wildman–Crippen LogP) is 6.88. The number of carbonyl (C=O) groups is 1. The maximum absolute atomic E-state index is 12.8. The van der Waals surface area contributed by atoms with Crippen LogP contribution in [0.15, 0.2) is 85.5 Å². The van der Waals surface area contributed by atoms with Crippen LogP contribution in [-0.2, 0) is 11.3 Å². The van der Waals surface area contributed by atoms with Crippen LogP contribution >= 0.6 is 23.2 Å². The van der Waals surface area contributed by atoms with Gasteiger partial charge in [0.05, 0.1) is 16.6 Å². The fourth-order valence-electron chi connectivity index (χ4n) is 3.17. The first-order valence-corrected chi connectivity index (χ1v) is 10.3. The summed E-state index contributed by atoms with van der Waals surface area (Å²) in [7, 11) is 0. The van der Waals surface area contributed by atoms with Crippen LogP contribution in [0, 0.1) is 0 Å². The second-order valence-electron chi connectivity index (χ2n) is 6.77. The van der Waals surface area contributed by atoms with E-state index in [1.165, 1.54) is 0 Å². The number of benzene rings is 3. The normalized spacial score (nSPS) is 11.5. The van der Waals surface area contributed by atoms with Gasteiger partial charge in [-0.05, 0) is 60.7 Å². The number of halogens is 2. The molecule has 0 saturated heterocycles. The standard InChI is InChI=1S/C25H18Cl2N2O2/c1-2-15-29-22-6-4-3-5-21(22)28-24(29)16-23(17-7-11-19(26)12-8-17)31-25(30)18-9-13-20(27)14-10-18/h2-14,16H,1,15H2. The molecule has 0 aliphatic rings. The van der Waals surface area contributed by atoms with Crippen molar-refractivity contribution in [3.05, 3.63) is 112 Å². The molecule has 0 radical (unpaired) electrons. The average molecular weight is 449 g/mol. The third-order valence-corrected chi connectivity index (χ3v) is 5.17. The van der Waals surface area contributed by atoms with Gasteiger partial charge in [-0.2, -0.15) is 0 Å². The quantitative estimate of drug-likeness (QED) is 0.183. The molecule has 1 heterocycles. The van der Waals surface area contributed by atoms with E-state index in [4.69, 9.17) is 32.9 Å². The monoisotopic (exact) mass is 448 g/mol. The number of hydrogen-bond acceptors (Lipinski definition) is 3. The highest BCUT2D eigenvalue weighted by molar-refractivity contribution is 6.31. The Labute approximate surface area is 190 Å². The molecule has 0 fully saturated rings. The number of para-hydroxylation sites is 2. The largest absolute Gasteiger partial charge is 0.422 e. The van der Waals surface area contributed by atoms with Crippen LogP contribution in [0.25, 0.3) is 22.9 Å². The SMILES string of the molecule is C=CCn1c(C=C(OC(=O)c2ccc(Cl)cc2)c2ccc(Cl)cc2)nc2ccccc21. The van der Waals surface area contributed by atoms with Gasteiger partial charge in [0.15, 0.2) is 0 Å².